The molecule has 1 aliphatic heterocycles. The third kappa shape index (κ3) is 4.30. The number of nitrogens with zero attached hydrogens (tertiary/aromatic N) is 1. The van der Waals surface area contributed by atoms with Gasteiger partial charge in [0.15, 0.2) is 0 Å². The molecule has 3 rings (SSSR count). The van der Waals surface area contributed by atoms with Crippen LogP contribution in [-0.2, 0) is 11.2 Å². The number of amides is 1. The number of fused-ring (bicyclic) bond motifs is 1. The summed E-state index contributed by atoms with van der Waals surface area (Å²) >= 11 is 0. The van der Waals surface area contributed by atoms with Crippen LogP contribution in [0.5, 0.6) is 5.75 Å². The highest BCUT2D eigenvalue weighted by Crippen LogP contribution is 2.28. The zero-order valence-corrected chi connectivity index (χ0v) is 15.8. The van der Waals surface area contributed by atoms with Crippen LogP contribution in [-0.4, -0.2) is 30.1 Å². The van der Waals surface area contributed by atoms with Crippen molar-refractivity contribution in [3.63, 3.8) is 0 Å². The van der Waals surface area contributed by atoms with Crippen LogP contribution < -0.4 is 9.64 Å². The highest BCUT2D eigenvalue weighted by Gasteiger charge is 2.27. The van der Waals surface area contributed by atoms with E-state index < -0.39 is 11.4 Å². The van der Waals surface area contributed by atoms with Crippen LogP contribution in [0.3, 0.4) is 0 Å². The van der Waals surface area contributed by atoms with Gasteiger partial charge in [0.1, 0.15) is 5.75 Å². The summed E-state index contributed by atoms with van der Waals surface area (Å²) in [6, 6.07) is 15.1. The molecule has 0 aliphatic carbocycles. The van der Waals surface area contributed by atoms with E-state index in [0.717, 1.165) is 25.1 Å². The minimum Gasteiger partial charge on any atom is -0.494 e. The van der Waals surface area contributed by atoms with Crippen molar-refractivity contribution in [2.45, 2.75) is 33.1 Å². The van der Waals surface area contributed by atoms with Crippen LogP contribution in [0.25, 0.3) is 0 Å². The minimum absolute atomic E-state index is 0.0132. The van der Waals surface area contributed by atoms with Crippen molar-refractivity contribution < 1.29 is 19.4 Å². The van der Waals surface area contributed by atoms with Gasteiger partial charge in [-0.05, 0) is 69.0 Å². The smallest absolute Gasteiger partial charge is 0.309 e. The normalized spacial score (nSPS) is 13.8. The van der Waals surface area contributed by atoms with Crippen LogP contribution in [0.2, 0.25) is 0 Å². The average molecular weight is 367 g/mol. The number of ether oxygens (including phenoxy) is 1. The SMILES string of the molecule is CC(C)(CCOc1ccc(C(=O)N2CCCc3ccccc32)cc1)C(=O)O. The molecule has 0 bridgehead atoms. The molecule has 1 N–H and O–H groups in total. The Bertz CT molecular complexity index is 826. The Morgan fingerprint density at radius 1 is 1.11 bits per heavy atom. The quantitative estimate of drug-likeness (QED) is 0.832. The van der Waals surface area contributed by atoms with Crippen molar-refractivity contribution in [1.82, 2.24) is 0 Å². The molecule has 5 nitrogen and oxygen atoms in total. The van der Waals surface area contributed by atoms with Crippen LogP contribution >= 0.6 is 0 Å². The number of benzene rings is 2. The largest absolute Gasteiger partial charge is 0.494 e. The van der Waals surface area contributed by atoms with Gasteiger partial charge >= 0.3 is 5.97 Å². The number of para-hydroxylation sites is 1. The molecule has 0 atom stereocenters. The second-order valence-electron chi connectivity index (χ2n) is 7.50. The molecule has 1 aliphatic rings. The Morgan fingerprint density at radius 3 is 2.52 bits per heavy atom. The summed E-state index contributed by atoms with van der Waals surface area (Å²) < 4.78 is 5.64. The number of carbonyl (C=O) groups is 2. The van der Waals surface area contributed by atoms with Crippen LogP contribution in [0, 0.1) is 5.41 Å². The van der Waals surface area contributed by atoms with Crippen molar-refractivity contribution in [2.24, 2.45) is 5.41 Å². The summed E-state index contributed by atoms with van der Waals surface area (Å²) in [6.07, 6.45) is 2.37. The van der Waals surface area contributed by atoms with Crippen molar-refractivity contribution in [3.8, 4) is 5.75 Å². The number of hydrogen-bond donors (Lipinski definition) is 1. The van der Waals surface area contributed by atoms with Crippen LogP contribution in [0.1, 0.15) is 42.6 Å². The van der Waals surface area contributed by atoms with E-state index in [0.29, 0.717) is 24.3 Å². The molecule has 5 heteroatoms. The third-order valence-electron chi connectivity index (χ3n) is 5.03. The van der Waals surface area contributed by atoms with Crippen molar-refractivity contribution in [2.75, 3.05) is 18.1 Å². The average Bonchev–Trinajstić information content (AvgIpc) is 2.67. The van der Waals surface area contributed by atoms with Gasteiger partial charge in [-0.3, -0.25) is 9.59 Å². The van der Waals surface area contributed by atoms with Crippen molar-refractivity contribution in [1.29, 1.82) is 0 Å². The lowest BCUT2D eigenvalue weighted by atomic mass is 9.90. The number of anilines is 1. The maximum atomic E-state index is 12.9. The van der Waals surface area contributed by atoms with Crippen molar-refractivity contribution >= 4 is 17.6 Å². The maximum Gasteiger partial charge on any atom is 0.309 e. The van der Waals surface area contributed by atoms with E-state index >= 15 is 0 Å². The number of carboxylic acids is 1. The molecule has 0 fully saturated rings. The van der Waals surface area contributed by atoms with Gasteiger partial charge in [0.25, 0.3) is 5.91 Å². The number of carboxylic acid groups (broad SMARTS) is 1. The molecule has 0 saturated carbocycles. The molecule has 0 spiro atoms. The summed E-state index contributed by atoms with van der Waals surface area (Å²) in [5.74, 6) is -0.221. The fourth-order valence-electron chi connectivity index (χ4n) is 3.13. The number of aryl methyl sites for hydroxylation is 1. The maximum absolute atomic E-state index is 12.9. The highest BCUT2D eigenvalue weighted by molar-refractivity contribution is 6.06. The van der Waals surface area contributed by atoms with Gasteiger partial charge in [0, 0.05) is 17.8 Å². The van der Waals surface area contributed by atoms with Gasteiger partial charge in [0.2, 0.25) is 0 Å². The zero-order chi connectivity index (χ0) is 19.4. The number of aliphatic carboxylic acids is 1. The second kappa shape index (κ2) is 7.82. The summed E-state index contributed by atoms with van der Waals surface area (Å²) in [4.78, 5) is 25.9. The molecule has 0 unspecified atom stereocenters. The zero-order valence-electron chi connectivity index (χ0n) is 15.8. The monoisotopic (exact) mass is 367 g/mol. The van der Waals surface area contributed by atoms with E-state index in [2.05, 4.69) is 6.07 Å². The first kappa shape index (κ1) is 19.0. The second-order valence-corrected chi connectivity index (χ2v) is 7.50. The number of hydrogen-bond acceptors (Lipinski definition) is 3. The number of rotatable bonds is 6. The topological polar surface area (TPSA) is 66.8 Å². The predicted molar refractivity (Wildman–Crippen MR) is 104 cm³/mol. The molecule has 1 heterocycles. The van der Waals surface area contributed by atoms with E-state index in [1.54, 1.807) is 38.1 Å². The number of carbonyl (C=O) groups excluding carboxylic acids is 1. The summed E-state index contributed by atoms with van der Waals surface area (Å²) in [5, 5.41) is 9.13. The molecule has 0 aromatic heterocycles. The van der Waals surface area contributed by atoms with E-state index in [9.17, 15) is 9.59 Å². The predicted octanol–water partition coefficient (Wildman–Crippen LogP) is 4.16. The highest BCUT2D eigenvalue weighted by atomic mass is 16.5. The third-order valence-corrected chi connectivity index (χ3v) is 5.03. The summed E-state index contributed by atoms with van der Waals surface area (Å²) in [7, 11) is 0. The van der Waals surface area contributed by atoms with Gasteiger partial charge < -0.3 is 14.7 Å². The first-order valence-electron chi connectivity index (χ1n) is 9.24. The Kier molecular flexibility index (Phi) is 5.49. The van der Waals surface area contributed by atoms with Gasteiger partial charge in [-0.15, -0.1) is 0 Å². The van der Waals surface area contributed by atoms with E-state index in [-0.39, 0.29) is 5.91 Å². The molecular formula is C22H25NO4. The van der Waals surface area contributed by atoms with Crippen LogP contribution in [0.4, 0.5) is 5.69 Å². The van der Waals surface area contributed by atoms with E-state index in [1.807, 2.05) is 23.1 Å². The fraction of sp³-hybridized carbons (Fsp3) is 0.364. The van der Waals surface area contributed by atoms with Gasteiger partial charge in [-0.2, -0.15) is 0 Å². The van der Waals surface area contributed by atoms with Gasteiger partial charge in [-0.1, -0.05) is 18.2 Å². The molecule has 2 aromatic carbocycles. The Hall–Kier alpha value is -2.82. The lowest BCUT2D eigenvalue weighted by molar-refractivity contribution is -0.147. The molecule has 0 radical (unpaired) electrons. The Balaban J connectivity index is 1.64. The summed E-state index contributed by atoms with van der Waals surface area (Å²) in [6.45, 7) is 4.39. The lowest BCUT2D eigenvalue weighted by Crippen LogP contribution is -2.35. The van der Waals surface area contributed by atoms with E-state index in [1.165, 1.54) is 5.56 Å². The molecule has 2 aromatic rings. The first-order valence-corrected chi connectivity index (χ1v) is 9.24. The molecule has 27 heavy (non-hydrogen) atoms. The molecule has 142 valence electrons. The summed E-state index contributed by atoms with van der Waals surface area (Å²) in [5.41, 5.74) is 1.99. The van der Waals surface area contributed by atoms with Gasteiger partial charge in [-0.25, -0.2) is 0 Å². The van der Waals surface area contributed by atoms with E-state index in [4.69, 9.17) is 9.84 Å². The lowest BCUT2D eigenvalue weighted by Gasteiger charge is -2.29. The molecular weight excluding hydrogens is 342 g/mol. The minimum atomic E-state index is -0.839. The van der Waals surface area contributed by atoms with Crippen molar-refractivity contribution in [3.05, 3.63) is 59.7 Å². The first-order chi connectivity index (χ1) is 12.9. The Labute approximate surface area is 159 Å². The molecule has 1 amide bonds. The Morgan fingerprint density at radius 2 is 1.81 bits per heavy atom. The van der Waals surface area contributed by atoms with Crippen LogP contribution in [0.15, 0.2) is 48.5 Å². The standard InChI is InChI=1S/C22H25NO4/c1-22(2,21(25)26)13-15-27-18-11-9-17(10-12-18)20(24)23-14-5-7-16-6-3-4-8-19(16)23/h3-4,6,8-12H,5,7,13-15H2,1-2H3,(H,25,26). The fourth-order valence-corrected chi connectivity index (χ4v) is 3.13. The molecule has 0 saturated heterocycles. The van der Waals surface area contributed by atoms with Gasteiger partial charge in [0.05, 0.1) is 12.0 Å².